The first-order chi connectivity index (χ1) is 13.0. The Hall–Kier alpha value is -2.94. The van der Waals surface area contributed by atoms with Crippen LogP contribution in [0.25, 0.3) is 11.0 Å². The van der Waals surface area contributed by atoms with Crippen LogP contribution in [0.4, 0.5) is 0 Å². The van der Waals surface area contributed by atoms with E-state index < -0.39 is 0 Å². The third-order valence-electron chi connectivity index (χ3n) is 4.21. The molecule has 0 aliphatic rings. The van der Waals surface area contributed by atoms with Crippen molar-refractivity contribution in [2.45, 2.75) is 33.4 Å². The number of rotatable bonds is 8. The van der Waals surface area contributed by atoms with E-state index in [1.165, 1.54) is 4.90 Å². The van der Waals surface area contributed by atoms with Crippen molar-refractivity contribution >= 4 is 16.9 Å². The Bertz CT molecular complexity index is 987. The summed E-state index contributed by atoms with van der Waals surface area (Å²) in [7, 11) is 1.67. The van der Waals surface area contributed by atoms with Crippen LogP contribution in [-0.2, 0) is 24.2 Å². The normalized spacial score (nSPS) is 11.2. The van der Waals surface area contributed by atoms with Crippen molar-refractivity contribution in [1.29, 1.82) is 0 Å². The fourth-order valence-electron chi connectivity index (χ4n) is 2.81. The third kappa shape index (κ3) is 4.08. The van der Waals surface area contributed by atoms with E-state index in [1.807, 2.05) is 13.8 Å². The molecule has 1 aromatic carbocycles. The number of aromatic nitrogens is 4. The van der Waals surface area contributed by atoms with Crippen molar-refractivity contribution in [3.63, 3.8) is 0 Å². The number of nitrogens with zero attached hydrogens (tertiary/aromatic N) is 4. The Morgan fingerprint density at radius 3 is 2.78 bits per heavy atom. The third-order valence-corrected chi connectivity index (χ3v) is 4.21. The monoisotopic (exact) mass is 373 g/mol. The van der Waals surface area contributed by atoms with Gasteiger partial charge in [-0.15, -0.1) is 10.2 Å². The molecule has 0 saturated heterocycles. The van der Waals surface area contributed by atoms with Crippen LogP contribution in [0.3, 0.4) is 0 Å². The number of H-pyrrole nitrogens is 1. The minimum Gasteiger partial charge on any atom is -0.423 e. The summed E-state index contributed by atoms with van der Waals surface area (Å²) < 4.78 is 12.4. The Labute approximate surface area is 155 Å². The fourth-order valence-corrected chi connectivity index (χ4v) is 2.81. The molecule has 0 aliphatic carbocycles. The number of carbonyl (C=O) groups excluding carboxylic acids is 1. The van der Waals surface area contributed by atoms with Gasteiger partial charge in [-0.3, -0.25) is 9.36 Å². The van der Waals surface area contributed by atoms with Crippen molar-refractivity contribution in [3.05, 3.63) is 46.0 Å². The molecule has 0 spiro atoms. The summed E-state index contributed by atoms with van der Waals surface area (Å²) in [5, 5.41) is 7.83. The first-order valence-corrected chi connectivity index (χ1v) is 8.90. The molecule has 144 valence electrons. The zero-order valence-electron chi connectivity index (χ0n) is 15.7. The Morgan fingerprint density at radius 1 is 1.30 bits per heavy atom. The second kappa shape index (κ2) is 8.17. The maximum Gasteiger partial charge on any atom is 0.326 e. The van der Waals surface area contributed by atoms with Gasteiger partial charge in [-0.2, -0.15) is 0 Å². The minimum atomic E-state index is -0.222. The van der Waals surface area contributed by atoms with E-state index >= 15 is 0 Å². The van der Waals surface area contributed by atoms with Crippen molar-refractivity contribution in [2.75, 3.05) is 20.3 Å². The molecule has 0 aliphatic heterocycles. The lowest BCUT2D eigenvalue weighted by Crippen LogP contribution is -2.26. The molecule has 1 amide bonds. The number of aromatic amines is 1. The van der Waals surface area contributed by atoms with Crippen LogP contribution in [0.5, 0.6) is 0 Å². The van der Waals surface area contributed by atoms with Gasteiger partial charge in [0.15, 0.2) is 0 Å². The molecule has 2 aromatic heterocycles. The standard InChI is InChI=1S/C18H23N5O4/c1-4-15-20-21-16(27-15)11-22(3)17(24)12-6-7-14-13(10-12)19-18(25)23(14)8-9-26-5-2/h6-7,10H,4-5,8-9,11H2,1-3H3,(H,19,25). The number of amides is 1. The molecule has 3 aromatic rings. The van der Waals surface area contributed by atoms with Crippen LogP contribution in [0.1, 0.15) is 36.0 Å². The van der Waals surface area contributed by atoms with Gasteiger partial charge in [0.2, 0.25) is 11.8 Å². The number of benzene rings is 1. The van der Waals surface area contributed by atoms with Gasteiger partial charge in [-0.25, -0.2) is 4.79 Å². The topological polar surface area (TPSA) is 106 Å². The first-order valence-electron chi connectivity index (χ1n) is 8.90. The van der Waals surface area contributed by atoms with Gasteiger partial charge < -0.3 is 19.0 Å². The number of hydrogen-bond donors (Lipinski definition) is 1. The van der Waals surface area contributed by atoms with Crippen LogP contribution in [0, 0.1) is 0 Å². The zero-order valence-corrected chi connectivity index (χ0v) is 15.7. The summed E-state index contributed by atoms with van der Waals surface area (Å²) in [6, 6.07) is 5.15. The highest BCUT2D eigenvalue weighted by atomic mass is 16.5. The van der Waals surface area contributed by atoms with Gasteiger partial charge in [-0.1, -0.05) is 6.92 Å². The molecular weight excluding hydrogens is 350 g/mol. The molecule has 27 heavy (non-hydrogen) atoms. The van der Waals surface area contributed by atoms with Gasteiger partial charge >= 0.3 is 5.69 Å². The lowest BCUT2D eigenvalue weighted by molar-refractivity contribution is 0.0772. The van der Waals surface area contributed by atoms with Crippen LogP contribution >= 0.6 is 0 Å². The quantitative estimate of drug-likeness (QED) is 0.601. The predicted molar refractivity (Wildman–Crippen MR) is 98.5 cm³/mol. The Morgan fingerprint density at radius 2 is 2.07 bits per heavy atom. The molecule has 0 atom stereocenters. The van der Waals surface area contributed by atoms with Gasteiger partial charge in [0.25, 0.3) is 5.91 Å². The average molecular weight is 373 g/mol. The smallest absolute Gasteiger partial charge is 0.326 e. The summed E-state index contributed by atoms with van der Waals surface area (Å²) in [5.41, 5.74) is 1.60. The average Bonchev–Trinajstić information content (AvgIpc) is 3.24. The van der Waals surface area contributed by atoms with Gasteiger partial charge in [0.05, 0.1) is 30.7 Å². The van der Waals surface area contributed by atoms with E-state index in [1.54, 1.807) is 29.8 Å². The van der Waals surface area contributed by atoms with Crippen molar-refractivity contribution in [2.24, 2.45) is 0 Å². The van der Waals surface area contributed by atoms with Crippen LogP contribution in [0.15, 0.2) is 27.4 Å². The van der Waals surface area contributed by atoms with E-state index in [2.05, 4.69) is 15.2 Å². The second-order valence-corrected chi connectivity index (χ2v) is 6.11. The first kappa shape index (κ1) is 18.8. The molecule has 3 rings (SSSR count). The molecular formula is C18H23N5O4. The number of fused-ring (bicyclic) bond motifs is 1. The Kier molecular flexibility index (Phi) is 5.70. The molecule has 0 fully saturated rings. The summed E-state index contributed by atoms with van der Waals surface area (Å²) in [4.78, 5) is 29.1. The van der Waals surface area contributed by atoms with E-state index in [-0.39, 0.29) is 18.1 Å². The number of aryl methyl sites for hydroxylation is 1. The number of nitrogens with one attached hydrogen (secondary N) is 1. The van der Waals surface area contributed by atoms with Crippen LogP contribution in [0.2, 0.25) is 0 Å². The SMILES string of the molecule is CCOCCn1c(=O)[nH]c2cc(C(=O)N(C)Cc3nnc(CC)o3)ccc21. The summed E-state index contributed by atoms with van der Waals surface area (Å²) in [5.74, 6) is 0.730. The summed E-state index contributed by atoms with van der Waals surface area (Å²) in [6.07, 6.45) is 0.648. The second-order valence-electron chi connectivity index (χ2n) is 6.11. The predicted octanol–water partition coefficient (Wildman–Crippen LogP) is 1.58. The molecule has 9 nitrogen and oxygen atoms in total. The highest BCUT2D eigenvalue weighted by Gasteiger charge is 2.17. The highest BCUT2D eigenvalue weighted by Crippen LogP contribution is 2.15. The van der Waals surface area contributed by atoms with Crippen LogP contribution in [-0.4, -0.2) is 50.8 Å². The minimum absolute atomic E-state index is 0.198. The zero-order chi connectivity index (χ0) is 19.4. The highest BCUT2D eigenvalue weighted by molar-refractivity contribution is 5.97. The fraction of sp³-hybridized carbons (Fsp3) is 0.444. The lowest BCUT2D eigenvalue weighted by atomic mass is 10.1. The van der Waals surface area contributed by atoms with E-state index in [9.17, 15) is 9.59 Å². The molecule has 0 bridgehead atoms. The maximum atomic E-state index is 12.7. The molecule has 0 radical (unpaired) electrons. The van der Waals surface area contributed by atoms with Crippen molar-refractivity contribution in [3.8, 4) is 0 Å². The van der Waals surface area contributed by atoms with Crippen molar-refractivity contribution < 1.29 is 13.9 Å². The van der Waals surface area contributed by atoms with Gasteiger partial charge in [0.1, 0.15) is 0 Å². The van der Waals surface area contributed by atoms with E-state index in [0.717, 1.165) is 5.52 Å². The number of ether oxygens (including phenoxy) is 1. The van der Waals surface area contributed by atoms with Gasteiger partial charge in [0, 0.05) is 25.6 Å². The largest absolute Gasteiger partial charge is 0.423 e. The molecule has 1 N–H and O–H groups in total. The number of imidazole rings is 1. The van der Waals surface area contributed by atoms with Gasteiger partial charge in [-0.05, 0) is 25.1 Å². The van der Waals surface area contributed by atoms with Crippen LogP contribution < -0.4 is 5.69 Å². The summed E-state index contributed by atoms with van der Waals surface area (Å²) in [6.45, 7) is 5.55. The summed E-state index contributed by atoms with van der Waals surface area (Å²) >= 11 is 0. The molecule has 0 saturated carbocycles. The molecule has 0 unspecified atom stereocenters. The van der Waals surface area contributed by atoms with Crippen molar-refractivity contribution in [1.82, 2.24) is 24.6 Å². The molecule has 2 heterocycles. The van der Waals surface area contributed by atoms with E-state index in [0.29, 0.717) is 49.0 Å². The van der Waals surface area contributed by atoms with E-state index in [4.69, 9.17) is 9.15 Å². The maximum absolute atomic E-state index is 12.7. The number of hydrogen-bond acceptors (Lipinski definition) is 6. The Balaban J connectivity index is 1.77. The number of carbonyl (C=O) groups is 1. The lowest BCUT2D eigenvalue weighted by Gasteiger charge is -2.15. The molecule has 9 heteroatoms.